The van der Waals surface area contributed by atoms with Crippen LogP contribution >= 0.6 is 0 Å². The molecule has 1 spiro atoms. The third-order valence-electron chi connectivity index (χ3n) is 9.06. The second-order valence-electron chi connectivity index (χ2n) is 11.4. The van der Waals surface area contributed by atoms with E-state index in [2.05, 4.69) is 15.6 Å². The number of hydrogen-bond acceptors (Lipinski definition) is 5. The molecule has 2 N–H and O–H groups in total. The van der Waals surface area contributed by atoms with Gasteiger partial charge in [-0.1, -0.05) is 50.7 Å². The standard InChI is InChI=1S/C28H36N4O4/c1-27-14-15-28(36-27)22(21(27)24(33)30-18-9-4-2-5-10-18)26(35)32(20-13-8-16-29-17-20)23(28)25(34)31-19-11-6-3-7-12-19/h8,13-19,21-23H,2-7,9-12H2,1H3,(H,30,33)(H,31,34)/t21-,22+,23-,27-,28-/m1/s1. The molecule has 192 valence electrons. The van der Waals surface area contributed by atoms with Gasteiger partial charge in [-0.05, 0) is 44.7 Å². The first kappa shape index (κ1) is 23.6. The Morgan fingerprint density at radius 3 is 2.22 bits per heavy atom. The summed E-state index contributed by atoms with van der Waals surface area (Å²) in [5, 5.41) is 6.45. The maximum atomic E-state index is 14.2. The number of fused-ring (bicyclic) bond motifs is 1. The number of nitrogens with zero attached hydrogens (tertiary/aromatic N) is 2. The maximum Gasteiger partial charge on any atom is 0.246 e. The van der Waals surface area contributed by atoms with Crippen LogP contribution in [-0.4, -0.2) is 52.0 Å². The monoisotopic (exact) mass is 492 g/mol. The summed E-state index contributed by atoms with van der Waals surface area (Å²) in [6.07, 6.45) is 17.6. The van der Waals surface area contributed by atoms with Crippen molar-refractivity contribution in [2.75, 3.05) is 4.90 Å². The molecule has 1 aromatic heterocycles. The Labute approximate surface area is 212 Å². The quantitative estimate of drug-likeness (QED) is 0.616. The van der Waals surface area contributed by atoms with Crippen LogP contribution in [0.15, 0.2) is 36.7 Å². The fourth-order valence-corrected chi connectivity index (χ4v) is 7.37. The summed E-state index contributed by atoms with van der Waals surface area (Å²) < 4.78 is 6.62. The van der Waals surface area contributed by atoms with Crippen LogP contribution in [0, 0.1) is 11.8 Å². The zero-order valence-electron chi connectivity index (χ0n) is 20.9. The smallest absolute Gasteiger partial charge is 0.246 e. The van der Waals surface area contributed by atoms with Gasteiger partial charge >= 0.3 is 0 Å². The first-order valence-corrected chi connectivity index (χ1v) is 13.7. The molecule has 2 saturated heterocycles. The largest absolute Gasteiger partial charge is 0.356 e. The number of ether oxygens (including phenoxy) is 1. The molecule has 1 aromatic rings. The van der Waals surface area contributed by atoms with Gasteiger partial charge < -0.3 is 15.4 Å². The van der Waals surface area contributed by atoms with Crippen molar-refractivity contribution >= 4 is 23.4 Å². The Kier molecular flexibility index (Phi) is 5.90. The number of aromatic nitrogens is 1. The van der Waals surface area contributed by atoms with Gasteiger partial charge in [-0.15, -0.1) is 0 Å². The van der Waals surface area contributed by atoms with Gasteiger partial charge in [0.1, 0.15) is 11.6 Å². The van der Waals surface area contributed by atoms with Gasteiger partial charge in [-0.2, -0.15) is 0 Å². The molecule has 0 unspecified atom stereocenters. The summed E-state index contributed by atoms with van der Waals surface area (Å²) in [6.45, 7) is 1.87. The van der Waals surface area contributed by atoms with Crippen LogP contribution in [-0.2, 0) is 19.1 Å². The average Bonchev–Trinajstić information content (AvgIpc) is 3.46. The molecule has 0 aromatic carbocycles. The van der Waals surface area contributed by atoms with Crippen LogP contribution in [0.2, 0.25) is 0 Å². The highest BCUT2D eigenvalue weighted by Gasteiger charge is 2.76. The second-order valence-corrected chi connectivity index (χ2v) is 11.4. The van der Waals surface area contributed by atoms with Gasteiger partial charge in [-0.25, -0.2) is 0 Å². The lowest BCUT2D eigenvalue weighted by atomic mass is 9.70. The van der Waals surface area contributed by atoms with Crippen molar-refractivity contribution in [1.29, 1.82) is 0 Å². The molecule has 5 atom stereocenters. The van der Waals surface area contributed by atoms with Gasteiger partial charge in [0, 0.05) is 18.3 Å². The van der Waals surface area contributed by atoms with E-state index in [1.165, 1.54) is 17.7 Å². The van der Waals surface area contributed by atoms with E-state index < -0.39 is 29.1 Å². The Bertz CT molecular complexity index is 1060. The lowest BCUT2D eigenvalue weighted by Gasteiger charge is -2.34. The Hall–Kier alpha value is -2.74. The summed E-state index contributed by atoms with van der Waals surface area (Å²) in [4.78, 5) is 47.5. The first-order valence-electron chi connectivity index (χ1n) is 13.7. The predicted molar refractivity (Wildman–Crippen MR) is 134 cm³/mol. The van der Waals surface area contributed by atoms with Gasteiger partial charge in [-0.3, -0.25) is 24.3 Å². The van der Waals surface area contributed by atoms with Crippen LogP contribution in [0.5, 0.6) is 0 Å². The number of nitrogens with one attached hydrogen (secondary N) is 2. The van der Waals surface area contributed by atoms with E-state index in [-0.39, 0.29) is 29.8 Å². The van der Waals surface area contributed by atoms with Crippen LogP contribution in [0.3, 0.4) is 0 Å². The highest BCUT2D eigenvalue weighted by Crippen LogP contribution is 2.60. The fraction of sp³-hybridized carbons (Fsp3) is 0.643. The lowest BCUT2D eigenvalue weighted by Crippen LogP contribution is -2.57. The molecule has 3 aliphatic heterocycles. The topological polar surface area (TPSA) is 101 Å². The summed E-state index contributed by atoms with van der Waals surface area (Å²) in [5.74, 6) is -2.07. The van der Waals surface area contributed by atoms with E-state index in [0.29, 0.717) is 5.69 Å². The van der Waals surface area contributed by atoms with Gasteiger partial charge in [0.05, 0.1) is 29.3 Å². The minimum Gasteiger partial charge on any atom is -0.356 e. The van der Waals surface area contributed by atoms with Crippen molar-refractivity contribution in [2.45, 2.75) is 100 Å². The molecule has 2 saturated carbocycles. The summed E-state index contributed by atoms with van der Waals surface area (Å²) in [6, 6.07) is 2.87. The van der Waals surface area contributed by atoms with E-state index in [1.807, 2.05) is 19.1 Å². The van der Waals surface area contributed by atoms with Crippen molar-refractivity contribution in [2.24, 2.45) is 11.8 Å². The average molecular weight is 493 g/mol. The highest BCUT2D eigenvalue weighted by molar-refractivity contribution is 6.10. The Balaban J connectivity index is 1.35. The molecular formula is C28H36N4O4. The van der Waals surface area contributed by atoms with E-state index in [9.17, 15) is 14.4 Å². The predicted octanol–water partition coefficient (Wildman–Crippen LogP) is 3.02. The molecule has 2 aliphatic carbocycles. The van der Waals surface area contributed by atoms with Crippen molar-refractivity contribution in [3.05, 3.63) is 36.7 Å². The van der Waals surface area contributed by atoms with Crippen molar-refractivity contribution in [3.63, 3.8) is 0 Å². The van der Waals surface area contributed by atoms with Gasteiger partial charge in [0.2, 0.25) is 17.7 Å². The Morgan fingerprint density at radius 2 is 1.61 bits per heavy atom. The summed E-state index contributed by atoms with van der Waals surface area (Å²) >= 11 is 0. The molecular weight excluding hydrogens is 456 g/mol. The number of anilines is 1. The number of pyridine rings is 1. The SMILES string of the molecule is C[C@]12C=C[C@@]3(O1)[C@H](C(=O)N(c1cccnc1)[C@@H]3C(=O)NC1CCCCC1)[C@@H]2C(=O)NC1CCCCC1. The normalized spacial score (nSPS) is 36.2. The minimum absolute atomic E-state index is 0.0936. The third-order valence-corrected chi connectivity index (χ3v) is 9.06. The summed E-state index contributed by atoms with van der Waals surface area (Å²) in [5.41, 5.74) is -1.56. The minimum atomic E-state index is -1.19. The molecule has 8 heteroatoms. The van der Waals surface area contributed by atoms with Crippen molar-refractivity contribution in [1.82, 2.24) is 15.6 Å². The van der Waals surface area contributed by atoms with Gasteiger partial charge in [0.25, 0.3) is 0 Å². The summed E-state index contributed by atoms with van der Waals surface area (Å²) in [7, 11) is 0. The molecule has 4 fully saturated rings. The van der Waals surface area contributed by atoms with Crippen LogP contribution in [0.4, 0.5) is 5.69 Å². The van der Waals surface area contributed by atoms with Crippen LogP contribution < -0.4 is 15.5 Å². The fourth-order valence-electron chi connectivity index (χ4n) is 7.37. The van der Waals surface area contributed by atoms with E-state index in [1.54, 1.807) is 24.5 Å². The number of hydrogen-bond donors (Lipinski definition) is 2. The molecule has 8 nitrogen and oxygen atoms in total. The number of carbonyl (C=O) groups is 3. The molecule has 2 bridgehead atoms. The zero-order valence-corrected chi connectivity index (χ0v) is 20.9. The second kappa shape index (κ2) is 8.98. The van der Waals surface area contributed by atoms with Crippen LogP contribution in [0.1, 0.15) is 71.1 Å². The molecule has 36 heavy (non-hydrogen) atoms. The molecule has 4 heterocycles. The Morgan fingerprint density at radius 1 is 0.972 bits per heavy atom. The van der Waals surface area contributed by atoms with Crippen molar-refractivity contribution in [3.8, 4) is 0 Å². The highest BCUT2D eigenvalue weighted by atomic mass is 16.5. The third kappa shape index (κ3) is 3.67. The van der Waals surface area contributed by atoms with E-state index in [4.69, 9.17) is 4.74 Å². The maximum absolute atomic E-state index is 14.2. The number of carbonyl (C=O) groups excluding carboxylic acids is 3. The van der Waals surface area contributed by atoms with E-state index >= 15 is 0 Å². The lowest BCUT2D eigenvalue weighted by molar-refractivity contribution is -0.135. The van der Waals surface area contributed by atoms with Crippen molar-refractivity contribution < 1.29 is 19.1 Å². The number of rotatable bonds is 5. The molecule has 3 amide bonds. The van der Waals surface area contributed by atoms with Gasteiger partial charge in [0.15, 0.2) is 0 Å². The van der Waals surface area contributed by atoms with E-state index in [0.717, 1.165) is 51.4 Å². The first-order chi connectivity index (χ1) is 17.4. The molecule has 5 aliphatic rings. The number of amides is 3. The zero-order chi connectivity index (χ0) is 24.9. The van der Waals surface area contributed by atoms with Crippen LogP contribution in [0.25, 0.3) is 0 Å². The molecule has 0 radical (unpaired) electrons. The molecule has 6 rings (SSSR count).